The summed E-state index contributed by atoms with van der Waals surface area (Å²) in [5.41, 5.74) is 1.01. The Morgan fingerprint density at radius 2 is 2.09 bits per heavy atom. The van der Waals surface area contributed by atoms with Crippen LogP contribution in [0.2, 0.25) is 0 Å². The topological polar surface area (TPSA) is 42.0 Å². The third-order valence-corrected chi connectivity index (χ3v) is 4.55. The molecule has 1 amide bonds. The molecule has 3 rings (SSSR count). The first-order valence-corrected chi connectivity index (χ1v) is 8.02. The molecule has 1 aromatic rings. The fourth-order valence-corrected chi connectivity index (χ4v) is 3.45. The van der Waals surface area contributed by atoms with Gasteiger partial charge in [0.05, 0.1) is 12.1 Å². The van der Waals surface area contributed by atoms with E-state index in [1.54, 1.807) is 0 Å². The number of hydrogen-bond acceptors (Lipinski definition) is 4. The molecule has 0 N–H and O–H groups in total. The first-order valence-electron chi connectivity index (χ1n) is 8.02. The van der Waals surface area contributed by atoms with Crippen LogP contribution in [0.3, 0.4) is 0 Å². The van der Waals surface area contributed by atoms with Gasteiger partial charge in [0, 0.05) is 39.2 Å². The fraction of sp³-hybridized carbons (Fsp3) is 0.588. The molecule has 2 aliphatic rings. The van der Waals surface area contributed by atoms with Gasteiger partial charge in [-0.3, -0.25) is 9.80 Å². The molecule has 0 saturated carbocycles. The average molecular weight is 304 g/mol. The van der Waals surface area contributed by atoms with Crippen molar-refractivity contribution in [3.8, 4) is 0 Å². The minimum atomic E-state index is -0.233. The van der Waals surface area contributed by atoms with Crippen molar-refractivity contribution < 1.29 is 14.3 Å². The van der Waals surface area contributed by atoms with Gasteiger partial charge in [0.2, 0.25) is 0 Å². The lowest BCUT2D eigenvalue weighted by atomic mass is 9.88. The summed E-state index contributed by atoms with van der Waals surface area (Å²) in [5, 5.41) is 0. The second-order valence-electron chi connectivity index (χ2n) is 6.07. The van der Waals surface area contributed by atoms with Crippen LogP contribution in [0.25, 0.3) is 0 Å². The largest absolute Gasteiger partial charge is 0.447 e. The lowest BCUT2D eigenvalue weighted by Gasteiger charge is -2.44. The van der Waals surface area contributed by atoms with Gasteiger partial charge >= 0.3 is 6.09 Å². The van der Waals surface area contributed by atoms with Gasteiger partial charge in [0.1, 0.15) is 6.61 Å². The highest BCUT2D eigenvalue weighted by atomic mass is 16.6. The Morgan fingerprint density at radius 1 is 1.27 bits per heavy atom. The minimum Gasteiger partial charge on any atom is -0.447 e. The molecule has 0 spiro atoms. The van der Waals surface area contributed by atoms with Crippen molar-refractivity contribution >= 4 is 6.09 Å². The number of rotatable bonds is 6. The van der Waals surface area contributed by atoms with Crippen LogP contribution in [0.15, 0.2) is 30.3 Å². The molecule has 0 aliphatic carbocycles. The molecule has 120 valence electrons. The molecule has 2 saturated heterocycles. The van der Waals surface area contributed by atoms with E-state index in [4.69, 9.17) is 9.47 Å². The number of piperazine rings is 1. The molecule has 1 unspecified atom stereocenters. The first kappa shape index (κ1) is 15.3. The van der Waals surface area contributed by atoms with E-state index in [-0.39, 0.29) is 11.6 Å². The van der Waals surface area contributed by atoms with Crippen LogP contribution in [0.5, 0.6) is 0 Å². The average Bonchev–Trinajstić information content (AvgIpc) is 2.85. The lowest BCUT2D eigenvalue weighted by molar-refractivity contribution is 0.0317. The third kappa shape index (κ3) is 3.10. The Bertz CT molecular complexity index is 508. The molecule has 2 heterocycles. The zero-order chi connectivity index (χ0) is 15.4. The van der Waals surface area contributed by atoms with Gasteiger partial charge in [-0.05, 0) is 12.5 Å². The van der Waals surface area contributed by atoms with Gasteiger partial charge in [0.15, 0.2) is 0 Å². The van der Waals surface area contributed by atoms with E-state index >= 15 is 0 Å². The zero-order valence-corrected chi connectivity index (χ0v) is 13.2. The molecule has 2 fully saturated rings. The fourth-order valence-electron chi connectivity index (χ4n) is 3.45. The molecular formula is C17H24N2O3. The third-order valence-electron chi connectivity index (χ3n) is 4.55. The van der Waals surface area contributed by atoms with Crippen molar-refractivity contribution in [2.75, 3.05) is 46.0 Å². The molecule has 2 aliphatic heterocycles. The number of carbonyl (C=O) groups excluding carboxylic acids is 1. The molecule has 1 atom stereocenters. The minimum absolute atomic E-state index is 0.166. The molecule has 0 aromatic heterocycles. The zero-order valence-electron chi connectivity index (χ0n) is 13.2. The van der Waals surface area contributed by atoms with Crippen molar-refractivity contribution in [1.82, 2.24) is 9.80 Å². The van der Waals surface area contributed by atoms with Gasteiger partial charge in [-0.15, -0.1) is 0 Å². The number of carbonyl (C=O) groups is 1. The second-order valence-corrected chi connectivity index (χ2v) is 6.07. The van der Waals surface area contributed by atoms with E-state index in [1.165, 1.54) is 5.56 Å². The summed E-state index contributed by atoms with van der Waals surface area (Å²) >= 11 is 0. The molecule has 5 heteroatoms. The maximum absolute atomic E-state index is 12.0. The van der Waals surface area contributed by atoms with Gasteiger partial charge < -0.3 is 9.47 Å². The van der Waals surface area contributed by atoms with Crippen LogP contribution in [-0.4, -0.2) is 67.4 Å². The summed E-state index contributed by atoms with van der Waals surface area (Å²) in [4.78, 5) is 16.3. The van der Waals surface area contributed by atoms with Gasteiger partial charge in [-0.1, -0.05) is 30.3 Å². The van der Waals surface area contributed by atoms with Crippen LogP contribution in [-0.2, 0) is 15.9 Å². The van der Waals surface area contributed by atoms with E-state index in [0.29, 0.717) is 6.61 Å². The van der Waals surface area contributed by atoms with Crippen LogP contribution in [0.1, 0.15) is 12.5 Å². The Hall–Kier alpha value is -1.59. The summed E-state index contributed by atoms with van der Waals surface area (Å²) in [7, 11) is 0. The summed E-state index contributed by atoms with van der Waals surface area (Å²) < 4.78 is 10.8. The van der Waals surface area contributed by atoms with E-state index in [2.05, 4.69) is 17.0 Å². The van der Waals surface area contributed by atoms with Crippen molar-refractivity contribution in [3.05, 3.63) is 35.9 Å². The van der Waals surface area contributed by atoms with Gasteiger partial charge in [0.25, 0.3) is 0 Å². The second kappa shape index (κ2) is 6.67. The summed E-state index contributed by atoms with van der Waals surface area (Å²) in [6.07, 6.45) is 0.672. The van der Waals surface area contributed by atoms with Crippen LogP contribution in [0.4, 0.5) is 4.79 Å². The number of amides is 1. The highest BCUT2D eigenvalue weighted by molar-refractivity contribution is 5.71. The Balaban J connectivity index is 1.73. The van der Waals surface area contributed by atoms with E-state index in [0.717, 1.165) is 45.8 Å². The summed E-state index contributed by atoms with van der Waals surface area (Å²) in [6.45, 7) is 7.36. The maximum atomic E-state index is 12.0. The first-order chi connectivity index (χ1) is 10.7. The quantitative estimate of drug-likeness (QED) is 0.751. The molecule has 1 aromatic carbocycles. The molecule has 22 heavy (non-hydrogen) atoms. The highest BCUT2D eigenvalue weighted by Gasteiger charge is 2.50. The van der Waals surface area contributed by atoms with Crippen LogP contribution < -0.4 is 0 Å². The number of hydrogen-bond donors (Lipinski definition) is 0. The van der Waals surface area contributed by atoms with Crippen molar-refractivity contribution in [3.63, 3.8) is 0 Å². The number of cyclic esters (lactones) is 1. The highest BCUT2D eigenvalue weighted by Crippen LogP contribution is 2.32. The SMILES string of the molecule is CCOCCN1CCN2C(=O)OCC2(Cc2ccccc2)C1. The van der Waals surface area contributed by atoms with Crippen molar-refractivity contribution in [1.29, 1.82) is 0 Å². The summed E-state index contributed by atoms with van der Waals surface area (Å²) in [6, 6.07) is 10.3. The van der Waals surface area contributed by atoms with Gasteiger partial charge in [-0.25, -0.2) is 4.79 Å². The number of fused-ring (bicyclic) bond motifs is 1. The predicted octanol–water partition coefficient (Wildman–Crippen LogP) is 1.77. The lowest BCUT2D eigenvalue weighted by Crippen LogP contribution is -2.62. The van der Waals surface area contributed by atoms with Crippen LogP contribution in [0, 0.1) is 0 Å². The molecule has 0 radical (unpaired) electrons. The van der Waals surface area contributed by atoms with Gasteiger partial charge in [-0.2, -0.15) is 0 Å². The number of ether oxygens (including phenoxy) is 2. The maximum Gasteiger partial charge on any atom is 0.410 e. The Kier molecular flexibility index (Phi) is 4.64. The monoisotopic (exact) mass is 304 g/mol. The van der Waals surface area contributed by atoms with Crippen molar-refractivity contribution in [2.24, 2.45) is 0 Å². The number of benzene rings is 1. The smallest absolute Gasteiger partial charge is 0.410 e. The van der Waals surface area contributed by atoms with Crippen molar-refractivity contribution in [2.45, 2.75) is 18.9 Å². The predicted molar refractivity (Wildman–Crippen MR) is 83.9 cm³/mol. The van der Waals surface area contributed by atoms with E-state index < -0.39 is 0 Å². The molecule has 0 bridgehead atoms. The van der Waals surface area contributed by atoms with Crippen LogP contribution >= 0.6 is 0 Å². The Morgan fingerprint density at radius 3 is 2.86 bits per heavy atom. The standard InChI is InChI=1S/C17H24N2O3/c1-2-21-11-10-18-8-9-19-16(20)22-14-17(19,13-18)12-15-6-4-3-5-7-15/h3-7H,2,8-14H2,1H3. The normalized spacial score (nSPS) is 25.1. The van der Waals surface area contributed by atoms with E-state index in [9.17, 15) is 4.79 Å². The van der Waals surface area contributed by atoms with E-state index in [1.807, 2.05) is 30.0 Å². The molecular weight excluding hydrogens is 280 g/mol. The summed E-state index contributed by atoms with van der Waals surface area (Å²) in [5.74, 6) is 0. The Labute approximate surface area is 131 Å². The molecule has 5 nitrogen and oxygen atoms in total. The number of nitrogens with zero attached hydrogens (tertiary/aromatic N) is 2.